The highest BCUT2D eigenvalue weighted by molar-refractivity contribution is 6.03. The number of benzene rings is 1. The van der Waals surface area contributed by atoms with Crippen LogP contribution in [0.25, 0.3) is 11.0 Å². The summed E-state index contributed by atoms with van der Waals surface area (Å²) >= 11 is 0. The maximum absolute atomic E-state index is 13.7. The standard InChI is InChI=1S/C36H45N5O8/c1-19-25-7-4-5-9-28(25)49-32(19)35(46)38-26(10-11-29(34(45)37-3)48-20(2)42)33(44)39-27-8-6-12-41(36(27)47)18-30(43)40-31-23-14-21-13-22(16-23)17-24(31)15-21/h4-9,12,21-24,26,29,31,34,37,45H,10-11,13-18H2,1-3H3,(H,38,46)(H,39,44)(H,40,43)/t21?,22?,23?,24?,26-,29?,31?,34?/m0/s1. The number of nitrogens with one attached hydrogen (secondary N) is 4. The van der Waals surface area contributed by atoms with Crippen LogP contribution in [0.3, 0.4) is 0 Å². The SMILES string of the molecule is CNC(O)C(CC[C@H](NC(=O)c1oc2ccccc2c1C)C(=O)Nc1cccn(CC(=O)NC2C3CC4CC(C3)CC2C4)c1=O)OC(C)=O. The second-order valence-corrected chi connectivity index (χ2v) is 13.9. The van der Waals surface area contributed by atoms with Gasteiger partial charge in [-0.1, -0.05) is 18.2 Å². The van der Waals surface area contributed by atoms with Crippen molar-refractivity contribution in [1.82, 2.24) is 20.5 Å². The fourth-order valence-corrected chi connectivity index (χ4v) is 8.42. The van der Waals surface area contributed by atoms with Gasteiger partial charge >= 0.3 is 5.97 Å². The minimum Gasteiger partial charge on any atom is -0.458 e. The maximum atomic E-state index is 13.7. The molecule has 0 aliphatic heterocycles. The molecular weight excluding hydrogens is 630 g/mol. The largest absolute Gasteiger partial charge is 0.458 e. The number of rotatable bonds is 13. The smallest absolute Gasteiger partial charge is 0.303 e. The van der Waals surface area contributed by atoms with E-state index in [9.17, 15) is 29.1 Å². The molecule has 4 saturated carbocycles. The van der Waals surface area contributed by atoms with Crippen molar-refractivity contribution in [3.63, 3.8) is 0 Å². The Bertz CT molecular complexity index is 1750. The van der Waals surface area contributed by atoms with Gasteiger partial charge < -0.3 is 34.8 Å². The first-order chi connectivity index (χ1) is 23.5. The summed E-state index contributed by atoms with van der Waals surface area (Å²) in [6.45, 7) is 2.75. The van der Waals surface area contributed by atoms with Crippen molar-refractivity contribution in [3.8, 4) is 0 Å². The van der Waals surface area contributed by atoms with Crippen LogP contribution in [0.2, 0.25) is 0 Å². The lowest BCUT2D eigenvalue weighted by Crippen LogP contribution is -2.56. The number of fused-ring (bicyclic) bond motifs is 1. The number of likely N-dealkylation sites (N-methyl/N-ethyl adjacent to an activating group) is 1. The number of carbonyl (C=O) groups is 4. The van der Waals surface area contributed by atoms with Gasteiger partial charge in [0.15, 0.2) is 5.76 Å². The van der Waals surface area contributed by atoms with Gasteiger partial charge in [-0.3, -0.25) is 29.3 Å². The molecule has 0 spiro atoms. The molecular formula is C36H45N5O8. The van der Waals surface area contributed by atoms with Gasteiger partial charge in [0.1, 0.15) is 36.2 Å². The summed E-state index contributed by atoms with van der Waals surface area (Å²) in [5, 5.41) is 22.3. The summed E-state index contributed by atoms with van der Waals surface area (Å²) in [4.78, 5) is 65.6. The van der Waals surface area contributed by atoms with Crippen molar-refractivity contribution < 1.29 is 33.4 Å². The Labute approximate surface area is 284 Å². The van der Waals surface area contributed by atoms with Crippen molar-refractivity contribution >= 4 is 40.3 Å². The molecule has 4 aliphatic carbocycles. The van der Waals surface area contributed by atoms with Gasteiger partial charge in [0.2, 0.25) is 11.8 Å². The van der Waals surface area contributed by atoms with Crippen LogP contribution >= 0.6 is 0 Å². The lowest BCUT2D eigenvalue weighted by molar-refractivity contribution is -0.154. The average Bonchev–Trinajstić information content (AvgIpc) is 3.41. The van der Waals surface area contributed by atoms with Gasteiger partial charge in [0.25, 0.3) is 11.5 Å². The van der Waals surface area contributed by atoms with Crippen molar-refractivity contribution in [2.75, 3.05) is 12.4 Å². The Balaban J connectivity index is 1.16. The number of aromatic nitrogens is 1. The van der Waals surface area contributed by atoms with E-state index in [1.807, 2.05) is 12.1 Å². The number of pyridine rings is 1. The van der Waals surface area contributed by atoms with E-state index in [0.717, 1.165) is 42.9 Å². The van der Waals surface area contributed by atoms with E-state index >= 15 is 0 Å². The van der Waals surface area contributed by atoms with E-state index in [2.05, 4.69) is 21.3 Å². The Morgan fingerprint density at radius 2 is 1.69 bits per heavy atom. The number of carbonyl (C=O) groups excluding carboxylic acids is 4. The second kappa shape index (κ2) is 14.6. The van der Waals surface area contributed by atoms with E-state index < -0.39 is 41.7 Å². The molecule has 0 saturated heterocycles. The molecule has 5 N–H and O–H groups in total. The predicted octanol–water partition coefficient (Wildman–Crippen LogP) is 2.83. The minimum absolute atomic E-state index is 0.0110. The highest BCUT2D eigenvalue weighted by atomic mass is 16.6. The molecule has 49 heavy (non-hydrogen) atoms. The molecule has 4 bridgehead atoms. The van der Waals surface area contributed by atoms with Crippen LogP contribution in [0.4, 0.5) is 5.69 Å². The molecule has 3 aromatic rings. The van der Waals surface area contributed by atoms with E-state index in [-0.39, 0.29) is 42.8 Å². The Morgan fingerprint density at radius 1 is 1.00 bits per heavy atom. The molecule has 1 aromatic carbocycles. The summed E-state index contributed by atoms with van der Waals surface area (Å²) in [6, 6.07) is 9.07. The lowest BCUT2D eigenvalue weighted by atomic mass is 9.54. The van der Waals surface area contributed by atoms with Crippen molar-refractivity contribution in [2.24, 2.45) is 23.7 Å². The molecule has 3 amide bonds. The first-order valence-electron chi connectivity index (χ1n) is 17.1. The van der Waals surface area contributed by atoms with Crippen molar-refractivity contribution in [1.29, 1.82) is 0 Å². The summed E-state index contributed by atoms with van der Waals surface area (Å²) in [6.07, 6.45) is 5.11. The van der Waals surface area contributed by atoms with Gasteiger partial charge in [-0.05, 0) is 101 Å². The van der Waals surface area contributed by atoms with Crippen LogP contribution in [-0.2, 0) is 25.7 Å². The molecule has 0 radical (unpaired) electrons. The van der Waals surface area contributed by atoms with Crippen molar-refractivity contribution in [2.45, 2.75) is 89.8 Å². The fraction of sp³-hybridized carbons (Fsp3) is 0.528. The highest BCUT2D eigenvalue weighted by Crippen LogP contribution is 2.53. The Kier molecular flexibility index (Phi) is 10.2. The average molecular weight is 676 g/mol. The van der Waals surface area contributed by atoms with Crippen LogP contribution in [0.1, 0.15) is 68.0 Å². The molecule has 13 nitrogen and oxygen atoms in total. The summed E-state index contributed by atoms with van der Waals surface area (Å²) < 4.78 is 12.3. The third kappa shape index (κ3) is 7.57. The number of hydrogen-bond donors (Lipinski definition) is 5. The zero-order valence-corrected chi connectivity index (χ0v) is 28.1. The van der Waals surface area contributed by atoms with E-state index in [1.54, 1.807) is 25.1 Å². The van der Waals surface area contributed by atoms with E-state index in [1.165, 1.54) is 37.2 Å². The number of esters is 1. The molecule has 4 aliphatic rings. The number of anilines is 1. The summed E-state index contributed by atoms with van der Waals surface area (Å²) in [7, 11) is 1.49. The van der Waals surface area contributed by atoms with E-state index in [0.29, 0.717) is 23.0 Å². The molecule has 262 valence electrons. The second-order valence-electron chi connectivity index (χ2n) is 13.9. The quantitative estimate of drug-likeness (QED) is 0.134. The number of aliphatic hydroxyl groups is 1. The number of aliphatic hydroxyl groups excluding tert-OH is 1. The fourth-order valence-electron chi connectivity index (χ4n) is 8.42. The Hall–Kier alpha value is -4.49. The summed E-state index contributed by atoms with van der Waals surface area (Å²) in [5.74, 6) is 0.327. The molecule has 4 fully saturated rings. The lowest BCUT2D eigenvalue weighted by Gasteiger charge is -2.54. The molecule has 3 atom stereocenters. The van der Waals surface area contributed by atoms with Gasteiger partial charge in [0, 0.05) is 30.1 Å². The molecule has 2 unspecified atom stereocenters. The predicted molar refractivity (Wildman–Crippen MR) is 180 cm³/mol. The van der Waals surface area contributed by atoms with Gasteiger partial charge in [0.05, 0.1) is 0 Å². The van der Waals surface area contributed by atoms with Crippen LogP contribution < -0.4 is 26.8 Å². The van der Waals surface area contributed by atoms with Gasteiger partial charge in [-0.2, -0.15) is 0 Å². The molecule has 7 rings (SSSR count). The summed E-state index contributed by atoms with van der Waals surface area (Å²) in [5.41, 5.74) is 0.461. The normalized spacial score (nSPS) is 24.2. The van der Waals surface area contributed by atoms with Gasteiger partial charge in [-0.25, -0.2) is 0 Å². The number of aryl methyl sites for hydroxylation is 1. The monoisotopic (exact) mass is 675 g/mol. The molecule has 2 heterocycles. The van der Waals surface area contributed by atoms with E-state index in [4.69, 9.17) is 9.15 Å². The van der Waals surface area contributed by atoms with Gasteiger partial charge in [-0.15, -0.1) is 0 Å². The zero-order chi connectivity index (χ0) is 34.8. The first kappa shape index (κ1) is 34.4. The zero-order valence-electron chi connectivity index (χ0n) is 28.1. The molecule has 2 aromatic heterocycles. The topological polar surface area (TPSA) is 181 Å². The first-order valence-corrected chi connectivity index (χ1v) is 17.1. The Morgan fingerprint density at radius 3 is 2.35 bits per heavy atom. The third-order valence-corrected chi connectivity index (χ3v) is 10.5. The van der Waals surface area contributed by atoms with Crippen LogP contribution in [0, 0.1) is 30.6 Å². The number of hydrogen-bond acceptors (Lipinski definition) is 9. The minimum atomic E-state index is -1.23. The number of furan rings is 1. The van der Waals surface area contributed by atoms with Crippen molar-refractivity contribution in [3.05, 3.63) is 64.3 Å². The number of amides is 3. The third-order valence-electron chi connectivity index (χ3n) is 10.5. The van der Waals surface area contributed by atoms with Crippen LogP contribution in [0.5, 0.6) is 0 Å². The highest BCUT2D eigenvalue weighted by Gasteiger charge is 2.48. The maximum Gasteiger partial charge on any atom is 0.303 e. The number of ether oxygens (including phenoxy) is 1. The van der Waals surface area contributed by atoms with Crippen LogP contribution in [0.15, 0.2) is 51.8 Å². The number of nitrogens with zero attached hydrogens (tertiary/aromatic N) is 1. The van der Waals surface area contributed by atoms with Crippen LogP contribution in [-0.4, -0.2) is 64.8 Å². The number of para-hydroxylation sites is 1. The molecule has 13 heteroatoms.